The number of anilines is 2. The molecule has 0 spiro atoms. The predicted molar refractivity (Wildman–Crippen MR) is 110 cm³/mol. The number of nitrogens with one attached hydrogen (secondary N) is 1. The number of carbonyl (C=O) groups is 1. The van der Waals surface area contributed by atoms with Crippen LogP contribution in [-0.4, -0.2) is 51.1 Å². The molecule has 1 heterocycles. The maximum absolute atomic E-state index is 12.7. The molecule has 1 aliphatic heterocycles. The Hall–Kier alpha value is -1.76. The summed E-state index contributed by atoms with van der Waals surface area (Å²) < 4.78 is 5.95. The molecule has 1 saturated heterocycles. The molecule has 0 bridgehead atoms. The van der Waals surface area contributed by atoms with E-state index in [0.717, 1.165) is 42.0 Å². The molecule has 0 radical (unpaired) electrons. The van der Waals surface area contributed by atoms with Crippen molar-refractivity contribution in [1.29, 1.82) is 0 Å². The number of hydrogen-bond acceptors (Lipinski definition) is 4. The summed E-state index contributed by atoms with van der Waals surface area (Å²) in [5.74, 6) is 0.494. The molecule has 5 nitrogen and oxygen atoms in total. The molecule has 1 aliphatic rings. The zero-order valence-corrected chi connectivity index (χ0v) is 17.1. The Morgan fingerprint density at radius 1 is 1.19 bits per heavy atom. The highest BCUT2D eigenvalue weighted by Gasteiger charge is 2.21. The molecule has 26 heavy (non-hydrogen) atoms. The number of likely N-dealkylation sites (N-methyl/N-ethyl adjacent to an activating group) is 1. The summed E-state index contributed by atoms with van der Waals surface area (Å²) in [6, 6.07) is 10.8. The normalized spacial score (nSPS) is 15.0. The Morgan fingerprint density at radius 2 is 1.92 bits per heavy atom. The Labute approximate surface area is 167 Å². The summed E-state index contributed by atoms with van der Waals surface area (Å²) in [5.41, 5.74) is 2.14. The van der Waals surface area contributed by atoms with Gasteiger partial charge in [-0.05, 0) is 53.3 Å². The van der Waals surface area contributed by atoms with Crippen LogP contribution in [0.1, 0.15) is 10.4 Å². The first-order valence-corrected chi connectivity index (χ1v) is 9.53. The number of benzene rings is 2. The predicted octanol–water partition coefficient (Wildman–Crippen LogP) is 4.12. The van der Waals surface area contributed by atoms with Crippen LogP contribution in [0, 0.1) is 0 Å². The van der Waals surface area contributed by atoms with Gasteiger partial charge in [-0.3, -0.25) is 4.79 Å². The molecule has 7 heteroatoms. The Morgan fingerprint density at radius 3 is 2.58 bits per heavy atom. The first kappa shape index (κ1) is 19.0. The minimum atomic E-state index is -0.189. The van der Waals surface area contributed by atoms with Crippen molar-refractivity contribution in [2.45, 2.75) is 0 Å². The summed E-state index contributed by atoms with van der Waals surface area (Å²) in [6.07, 6.45) is 0. The van der Waals surface area contributed by atoms with Crippen molar-refractivity contribution in [2.24, 2.45) is 0 Å². The van der Waals surface area contributed by atoms with Gasteiger partial charge >= 0.3 is 0 Å². The third kappa shape index (κ3) is 4.14. The lowest BCUT2D eigenvalue weighted by Gasteiger charge is -2.35. The molecule has 1 fully saturated rings. The van der Waals surface area contributed by atoms with E-state index in [2.05, 4.69) is 38.1 Å². The highest BCUT2D eigenvalue weighted by Crippen LogP contribution is 2.35. The summed E-state index contributed by atoms with van der Waals surface area (Å²) in [5, 5.41) is 3.64. The number of methoxy groups -OCH3 is 1. The monoisotopic (exact) mass is 437 g/mol. The average Bonchev–Trinajstić information content (AvgIpc) is 2.63. The fourth-order valence-electron chi connectivity index (χ4n) is 2.97. The van der Waals surface area contributed by atoms with Gasteiger partial charge in [0.25, 0.3) is 5.91 Å². The number of rotatable bonds is 4. The molecule has 0 atom stereocenters. The Kier molecular flexibility index (Phi) is 6.06. The molecule has 0 aromatic heterocycles. The summed E-state index contributed by atoms with van der Waals surface area (Å²) in [7, 11) is 3.70. The van der Waals surface area contributed by atoms with Gasteiger partial charge in [-0.25, -0.2) is 0 Å². The lowest BCUT2D eigenvalue weighted by molar-refractivity contribution is 0.102. The second kappa shape index (κ2) is 8.29. The van der Waals surface area contributed by atoms with E-state index in [0.29, 0.717) is 16.3 Å². The number of amides is 1. The topological polar surface area (TPSA) is 44.8 Å². The van der Waals surface area contributed by atoms with Gasteiger partial charge in [-0.1, -0.05) is 17.7 Å². The van der Waals surface area contributed by atoms with Crippen molar-refractivity contribution >= 4 is 44.8 Å². The molecule has 3 rings (SSSR count). The molecule has 0 aliphatic carbocycles. The quantitative estimate of drug-likeness (QED) is 0.780. The molecule has 1 N–H and O–H groups in total. The van der Waals surface area contributed by atoms with Crippen LogP contribution in [0.4, 0.5) is 11.4 Å². The minimum Gasteiger partial charge on any atom is -0.496 e. The van der Waals surface area contributed by atoms with Gasteiger partial charge in [0.1, 0.15) is 5.75 Å². The Balaban J connectivity index is 1.84. The number of carbonyl (C=O) groups excluding carboxylic acids is 1. The average molecular weight is 439 g/mol. The zero-order chi connectivity index (χ0) is 18.7. The van der Waals surface area contributed by atoms with Gasteiger partial charge in [-0.15, -0.1) is 0 Å². The van der Waals surface area contributed by atoms with Gasteiger partial charge in [-0.2, -0.15) is 0 Å². The van der Waals surface area contributed by atoms with E-state index >= 15 is 0 Å². The first-order chi connectivity index (χ1) is 12.5. The SMILES string of the molecule is COc1ccc(C(=O)Nc2cccc(Cl)c2N2CCN(C)CC2)cc1Br. The third-order valence-electron chi connectivity index (χ3n) is 4.47. The van der Waals surface area contributed by atoms with Crippen LogP contribution < -0.4 is 15.0 Å². The van der Waals surface area contributed by atoms with E-state index in [1.54, 1.807) is 25.3 Å². The van der Waals surface area contributed by atoms with Crippen LogP contribution in [0.15, 0.2) is 40.9 Å². The number of nitrogens with zero attached hydrogens (tertiary/aromatic N) is 2. The maximum Gasteiger partial charge on any atom is 0.255 e. The van der Waals surface area contributed by atoms with Crippen molar-refractivity contribution in [3.63, 3.8) is 0 Å². The fraction of sp³-hybridized carbons (Fsp3) is 0.316. The van der Waals surface area contributed by atoms with Crippen LogP contribution in [0.5, 0.6) is 5.75 Å². The summed E-state index contributed by atoms with van der Waals surface area (Å²) in [6.45, 7) is 3.67. The van der Waals surface area contributed by atoms with Crippen molar-refractivity contribution < 1.29 is 9.53 Å². The number of hydrogen-bond donors (Lipinski definition) is 1. The molecule has 0 saturated carbocycles. The number of para-hydroxylation sites is 1. The van der Waals surface area contributed by atoms with Crippen molar-refractivity contribution in [3.05, 3.63) is 51.5 Å². The lowest BCUT2D eigenvalue weighted by Crippen LogP contribution is -2.44. The zero-order valence-electron chi connectivity index (χ0n) is 14.8. The van der Waals surface area contributed by atoms with Crippen LogP contribution in [0.25, 0.3) is 0 Å². The van der Waals surface area contributed by atoms with Gasteiger partial charge in [0, 0.05) is 31.7 Å². The second-order valence-corrected chi connectivity index (χ2v) is 7.49. The third-order valence-corrected chi connectivity index (χ3v) is 5.39. The molecule has 0 unspecified atom stereocenters. The molecule has 138 valence electrons. The highest BCUT2D eigenvalue weighted by atomic mass is 79.9. The standard InChI is InChI=1S/C19H21BrClN3O2/c1-23-8-10-24(11-9-23)18-15(21)4-3-5-16(18)22-19(25)13-6-7-17(26-2)14(20)12-13/h3-7,12H,8-11H2,1-2H3,(H,22,25). The van der Waals surface area contributed by atoms with E-state index in [4.69, 9.17) is 16.3 Å². The summed E-state index contributed by atoms with van der Waals surface area (Å²) in [4.78, 5) is 17.2. The van der Waals surface area contributed by atoms with E-state index in [1.807, 2.05) is 18.2 Å². The van der Waals surface area contributed by atoms with Gasteiger partial charge in [0.15, 0.2) is 0 Å². The van der Waals surface area contributed by atoms with E-state index < -0.39 is 0 Å². The van der Waals surface area contributed by atoms with Crippen LogP contribution in [0.2, 0.25) is 5.02 Å². The van der Waals surface area contributed by atoms with Crippen molar-refractivity contribution in [3.8, 4) is 5.75 Å². The molecule has 2 aromatic rings. The number of piperazine rings is 1. The largest absolute Gasteiger partial charge is 0.496 e. The van der Waals surface area contributed by atoms with Gasteiger partial charge in [0.05, 0.1) is 28.0 Å². The van der Waals surface area contributed by atoms with Crippen LogP contribution in [-0.2, 0) is 0 Å². The van der Waals surface area contributed by atoms with Gasteiger partial charge < -0.3 is 19.9 Å². The smallest absolute Gasteiger partial charge is 0.255 e. The maximum atomic E-state index is 12.7. The first-order valence-electron chi connectivity index (χ1n) is 8.36. The van der Waals surface area contributed by atoms with Crippen LogP contribution >= 0.6 is 27.5 Å². The summed E-state index contributed by atoms with van der Waals surface area (Å²) >= 11 is 9.88. The number of ether oxygens (including phenoxy) is 1. The van der Waals surface area contributed by atoms with Crippen molar-refractivity contribution in [2.75, 3.05) is 50.6 Å². The highest BCUT2D eigenvalue weighted by molar-refractivity contribution is 9.10. The second-order valence-electron chi connectivity index (χ2n) is 6.23. The molecule has 1 amide bonds. The molecule has 2 aromatic carbocycles. The Bertz CT molecular complexity index is 807. The minimum absolute atomic E-state index is 0.189. The van der Waals surface area contributed by atoms with Crippen molar-refractivity contribution in [1.82, 2.24) is 4.90 Å². The molecular weight excluding hydrogens is 418 g/mol. The van der Waals surface area contributed by atoms with E-state index in [1.165, 1.54) is 0 Å². The molecular formula is C19H21BrClN3O2. The lowest BCUT2D eigenvalue weighted by atomic mass is 10.1. The van der Waals surface area contributed by atoms with Crippen LogP contribution in [0.3, 0.4) is 0 Å². The van der Waals surface area contributed by atoms with E-state index in [-0.39, 0.29) is 5.91 Å². The number of halogens is 2. The van der Waals surface area contributed by atoms with E-state index in [9.17, 15) is 4.79 Å². The fourth-order valence-corrected chi connectivity index (χ4v) is 3.80. The van der Waals surface area contributed by atoms with Gasteiger partial charge in [0.2, 0.25) is 0 Å².